The summed E-state index contributed by atoms with van der Waals surface area (Å²) in [5, 5.41) is 0. The van der Waals surface area contributed by atoms with Gasteiger partial charge in [-0.15, -0.1) is 0 Å². The van der Waals surface area contributed by atoms with E-state index in [-0.39, 0.29) is 11.9 Å². The van der Waals surface area contributed by atoms with E-state index in [0.29, 0.717) is 38.8 Å². The van der Waals surface area contributed by atoms with Crippen molar-refractivity contribution in [1.29, 1.82) is 0 Å². The zero-order chi connectivity index (χ0) is 17.1. The molecule has 0 aliphatic heterocycles. The summed E-state index contributed by atoms with van der Waals surface area (Å²) in [7, 11) is 0. The fourth-order valence-corrected chi connectivity index (χ4v) is 1.67. The van der Waals surface area contributed by atoms with Gasteiger partial charge in [-0.1, -0.05) is 0 Å². The van der Waals surface area contributed by atoms with E-state index in [4.69, 9.17) is 34.4 Å². The molecule has 0 heterocycles. The molecule has 0 fully saturated rings. The lowest BCUT2D eigenvalue weighted by Gasteiger charge is -2.13. The van der Waals surface area contributed by atoms with Crippen LogP contribution in [0.2, 0.25) is 0 Å². The minimum atomic E-state index is -0.898. The molecule has 0 aliphatic carbocycles. The number of rotatable bonds is 11. The number of ketones is 2. The van der Waals surface area contributed by atoms with Crippen molar-refractivity contribution in [3.8, 4) is 0 Å². The Morgan fingerprint density at radius 1 is 0.727 bits per heavy atom. The normalized spacial score (nSPS) is 13.0. The van der Waals surface area contributed by atoms with Crippen LogP contribution < -0.4 is 34.4 Å². The Bertz CT molecular complexity index is 387. The molecular formula is C12H26N8O2. The second kappa shape index (κ2) is 10.5. The summed E-state index contributed by atoms with van der Waals surface area (Å²) in [4.78, 5) is 31.2. The van der Waals surface area contributed by atoms with Crippen molar-refractivity contribution in [2.45, 2.75) is 37.8 Å². The maximum atomic E-state index is 11.8. The summed E-state index contributed by atoms with van der Waals surface area (Å²) in [5.74, 6) is -1.42. The summed E-state index contributed by atoms with van der Waals surface area (Å²) in [6.45, 7) is 0.699. The topological polar surface area (TPSA) is 215 Å². The number of carbonyl (C=O) groups is 2. The zero-order valence-electron chi connectivity index (χ0n) is 12.6. The maximum absolute atomic E-state index is 11.8. The monoisotopic (exact) mass is 314 g/mol. The van der Waals surface area contributed by atoms with E-state index in [1.165, 1.54) is 0 Å². The van der Waals surface area contributed by atoms with Crippen molar-refractivity contribution < 1.29 is 9.59 Å². The Labute approximate surface area is 129 Å². The first-order chi connectivity index (χ1) is 10.3. The molecule has 10 heteroatoms. The van der Waals surface area contributed by atoms with Crippen LogP contribution in [0.5, 0.6) is 0 Å². The SMILES string of the molecule is NC(N)=NCCC[C@H](N)C(=O)C(=O)[C@@H](N)CCCN=C(N)N. The van der Waals surface area contributed by atoms with E-state index in [0.717, 1.165) is 0 Å². The van der Waals surface area contributed by atoms with Gasteiger partial charge in [0.2, 0.25) is 11.6 Å². The average Bonchev–Trinajstić information content (AvgIpc) is 2.45. The van der Waals surface area contributed by atoms with Crippen LogP contribution in [-0.2, 0) is 9.59 Å². The van der Waals surface area contributed by atoms with Crippen LogP contribution in [0.1, 0.15) is 25.7 Å². The van der Waals surface area contributed by atoms with Crippen molar-refractivity contribution in [2.24, 2.45) is 44.4 Å². The first-order valence-corrected chi connectivity index (χ1v) is 6.95. The van der Waals surface area contributed by atoms with E-state index in [2.05, 4.69) is 9.98 Å². The minimum Gasteiger partial charge on any atom is -0.370 e. The first kappa shape index (κ1) is 19.8. The Morgan fingerprint density at radius 3 is 1.32 bits per heavy atom. The predicted octanol–water partition coefficient (Wildman–Crippen LogP) is -3.11. The molecule has 0 aliphatic rings. The van der Waals surface area contributed by atoms with Gasteiger partial charge in [-0.2, -0.15) is 0 Å². The van der Waals surface area contributed by atoms with Gasteiger partial charge in [-0.3, -0.25) is 19.6 Å². The molecule has 0 aromatic carbocycles. The van der Waals surface area contributed by atoms with Gasteiger partial charge in [0.15, 0.2) is 11.9 Å². The number of nitrogens with two attached hydrogens (primary N) is 6. The first-order valence-electron chi connectivity index (χ1n) is 6.95. The molecule has 0 aromatic rings. The summed E-state index contributed by atoms with van der Waals surface area (Å²) in [6.07, 6.45) is 1.61. The zero-order valence-corrected chi connectivity index (χ0v) is 12.6. The molecule has 0 amide bonds. The molecule has 0 spiro atoms. The molecule has 0 saturated heterocycles. The molecule has 0 rings (SSSR count). The number of hydrogen-bond acceptors (Lipinski definition) is 6. The summed E-state index contributed by atoms with van der Waals surface area (Å²) >= 11 is 0. The number of guanidine groups is 2. The van der Waals surface area contributed by atoms with Gasteiger partial charge in [0.05, 0.1) is 12.1 Å². The highest BCUT2D eigenvalue weighted by atomic mass is 16.2. The maximum Gasteiger partial charge on any atom is 0.216 e. The van der Waals surface area contributed by atoms with Crippen LogP contribution in [0.15, 0.2) is 9.98 Å². The van der Waals surface area contributed by atoms with E-state index in [1.807, 2.05) is 0 Å². The van der Waals surface area contributed by atoms with E-state index in [1.54, 1.807) is 0 Å². The largest absolute Gasteiger partial charge is 0.370 e. The van der Waals surface area contributed by atoms with Crippen molar-refractivity contribution >= 4 is 23.5 Å². The molecule has 12 N–H and O–H groups in total. The van der Waals surface area contributed by atoms with Crippen LogP contribution >= 0.6 is 0 Å². The molecule has 0 unspecified atom stereocenters. The third-order valence-electron chi connectivity index (χ3n) is 2.85. The highest BCUT2D eigenvalue weighted by molar-refractivity contribution is 6.40. The number of carbonyl (C=O) groups excluding carboxylic acids is 2. The lowest BCUT2D eigenvalue weighted by Crippen LogP contribution is -2.44. The van der Waals surface area contributed by atoms with Crippen LogP contribution in [0.4, 0.5) is 0 Å². The molecular weight excluding hydrogens is 288 g/mol. The van der Waals surface area contributed by atoms with Crippen molar-refractivity contribution in [3.63, 3.8) is 0 Å². The molecule has 10 nitrogen and oxygen atoms in total. The number of hydrogen-bond donors (Lipinski definition) is 6. The fourth-order valence-electron chi connectivity index (χ4n) is 1.67. The third-order valence-corrected chi connectivity index (χ3v) is 2.85. The van der Waals surface area contributed by atoms with E-state index in [9.17, 15) is 9.59 Å². The molecule has 0 saturated carbocycles. The average molecular weight is 314 g/mol. The molecule has 0 radical (unpaired) electrons. The summed E-state index contributed by atoms with van der Waals surface area (Å²) in [5.41, 5.74) is 32.0. The van der Waals surface area contributed by atoms with Gasteiger partial charge in [0.25, 0.3) is 0 Å². The second-order valence-electron chi connectivity index (χ2n) is 4.84. The van der Waals surface area contributed by atoms with Gasteiger partial charge in [0.1, 0.15) is 0 Å². The molecule has 2 atom stereocenters. The molecule has 126 valence electrons. The van der Waals surface area contributed by atoms with Gasteiger partial charge >= 0.3 is 0 Å². The van der Waals surface area contributed by atoms with Crippen molar-refractivity contribution in [1.82, 2.24) is 0 Å². The number of nitrogens with zero attached hydrogens (tertiary/aromatic N) is 2. The highest BCUT2D eigenvalue weighted by Gasteiger charge is 2.26. The minimum absolute atomic E-state index is 0.0289. The highest BCUT2D eigenvalue weighted by Crippen LogP contribution is 2.03. The van der Waals surface area contributed by atoms with E-state index < -0.39 is 23.7 Å². The lowest BCUT2D eigenvalue weighted by molar-refractivity contribution is -0.138. The Kier molecular flexibility index (Phi) is 9.46. The van der Waals surface area contributed by atoms with E-state index >= 15 is 0 Å². The number of aliphatic imine (C=N–C) groups is 2. The quantitative estimate of drug-likeness (QED) is 0.0989. The molecule has 0 aromatic heterocycles. The smallest absolute Gasteiger partial charge is 0.216 e. The lowest BCUT2D eigenvalue weighted by atomic mass is 9.98. The second-order valence-corrected chi connectivity index (χ2v) is 4.84. The molecule has 0 bridgehead atoms. The standard InChI is InChI=1S/C12H26N8O2/c13-7(3-1-5-19-11(15)16)9(21)10(22)8(14)4-2-6-20-12(17)18/h7-8H,1-6,13-14H2,(H4,15,16,19)(H4,17,18,20)/t7-,8-/m0/s1. The van der Waals surface area contributed by atoms with Crippen LogP contribution in [0, 0.1) is 0 Å². The van der Waals surface area contributed by atoms with Gasteiger partial charge in [-0.25, -0.2) is 0 Å². The summed E-state index contributed by atoms with van der Waals surface area (Å²) in [6, 6.07) is -1.80. The Morgan fingerprint density at radius 2 is 1.05 bits per heavy atom. The van der Waals surface area contributed by atoms with Crippen molar-refractivity contribution in [2.75, 3.05) is 13.1 Å². The predicted molar refractivity (Wildman–Crippen MR) is 85.8 cm³/mol. The van der Waals surface area contributed by atoms with Gasteiger partial charge in [-0.05, 0) is 25.7 Å². The van der Waals surface area contributed by atoms with Gasteiger partial charge < -0.3 is 34.4 Å². The Balaban J connectivity index is 4.14. The fraction of sp³-hybridized carbons (Fsp3) is 0.667. The third kappa shape index (κ3) is 8.87. The van der Waals surface area contributed by atoms with Crippen LogP contribution in [0.3, 0.4) is 0 Å². The number of Topliss-reactive ketones (excluding diaryl/α,β-unsaturated/α-hetero) is 2. The van der Waals surface area contributed by atoms with Crippen LogP contribution in [0.25, 0.3) is 0 Å². The molecule has 22 heavy (non-hydrogen) atoms. The van der Waals surface area contributed by atoms with Crippen molar-refractivity contribution in [3.05, 3.63) is 0 Å². The summed E-state index contributed by atoms with van der Waals surface area (Å²) < 4.78 is 0. The Hall–Kier alpha value is -2.20. The van der Waals surface area contributed by atoms with Crippen LogP contribution in [-0.4, -0.2) is 48.7 Å². The van der Waals surface area contributed by atoms with Gasteiger partial charge in [0, 0.05) is 13.1 Å².